The van der Waals surface area contributed by atoms with Gasteiger partial charge >= 0.3 is 0 Å². The first-order valence-corrected chi connectivity index (χ1v) is 7.20. The SMILES string of the molecule is CNC(c1cc(C)ccc1C)C1CCSC1. The molecule has 2 atom stereocenters. The largest absolute Gasteiger partial charge is 0.313 e. The van der Waals surface area contributed by atoms with Gasteiger partial charge in [-0.3, -0.25) is 0 Å². The first-order chi connectivity index (χ1) is 7.72. The molecule has 1 aliphatic rings. The Balaban J connectivity index is 2.28. The number of aryl methyl sites for hydroxylation is 2. The molecular formula is C14H21NS. The Morgan fingerprint density at radius 2 is 2.19 bits per heavy atom. The van der Waals surface area contributed by atoms with Crippen molar-refractivity contribution in [3.8, 4) is 0 Å². The molecule has 0 bridgehead atoms. The van der Waals surface area contributed by atoms with Gasteiger partial charge in [-0.05, 0) is 55.9 Å². The van der Waals surface area contributed by atoms with Crippen LogP contribution in [0.25, 0.3) is 0 Å². The summed E-state index contributed by atoms with van der Waals surface area (Å²) >= 11 is 2.09. The first-order valence-electron chi connectivity index (χ1n) is 6.04. The molecule has 0 amide bonds. The van der Waals surface area contributed by atoms with Crippen LogP contribution in [0, 0.1) is 19.8 Å². The van der Waals surface area contributed by atoms with E-state index in [2.05, 4.69) is 56.2 Å². The molecule has 0 saturated carbocycles. The van der Waals surface area contributed by atoms with Crippen molar-refractivity contribution < 1.29 is 0 Å². The van der Waals surface area contributed by atoms with Gasteiger partial charge in [0.1, 0.15) is 0 Å². The molecule has 1 heterocycles. The van der Waals surface area contributed by atoms with Crippen molar-refractivity contribution >= 4 is 11.8 Å². The predicted octanol–water partition coefficient (Wildman–Crippen LogP) is 3.32. The van der Waals surface area contributed by atoms with Gasteiger partial charge in [-0.15, -0.1) is 0 Å². The molecule has 1 aliphatic heterocycles. The third-order valence-electron chi connectivity index (χ3n) is 3.52. The lowest BCUT2D eigenvalue weighted by molar-refractivity contribution is 0.418. The van der Waals surface area contributed by atoms with Gasteiger partial charge in [0, 0.05) is 6.04 Å². The smallest absolute Gasteiger partial charge is 0.0357 e. The maximum Gasteiger partial charge on any atom is 0.0357 e. The van der Waals surface area contributed by atoms with Crippen molar-refractivity contribution in [2.75, 3.05) is 18.6 Å². The molecule has 2 heteroatoms. The molecule has 1 aromatic rings. The van der Waals surface area contributed by atoms with Gasteiger partial charge in [-0.25, -0.2) is 0 Å². The summed E-state index contributed by atoms with van der Waals surface area (Å²) in [6.45, 7) is 4.40. The van der Waals surface area contributed by atoms with Crippen LogP contribution in [0.2, 0.25) is 0 Å². The first kappa shape index (κ1) is 12.0. The number of rotatable bonds is 3. The third-order valence-corrected chi connectivity index (χ3v) is 4.71. The van der Waals surface area contributed by atoms with E-state index >= 15 is 0 Å². The van der Waals surface area contributed by atoms with Crippen LogP contribution in [0.5, 0.6) is 0 Å². The second kappa shape index (κ2) is 5.24. The number of benzene rings is 1. The van der Waals surface area contributed by atoms with Crippen molar-refractivity contribution in [3.05, 3.63) is 34.9 Å². The van der Waals surface area contributed by atoms with Gasteiger partial charge in [0.25, 0.3) is 0 Å². The lowest BCUT2D eigenvalue weighted by atomic mass is 9.89. The molecule has 16 heavy (non-hydrogen) atoms. The highest BCUT2D eigenvalue weighted by atomic mass is 32.2. The highest BCUT2D eigenvalue weighted by molar-refractivity contribution is 7.99. The fraction of sp³-hybridized carbons (Fsp3) is 0.571. The number of hydrogen-bond acceptors (Lipinski definition) is 2. The minimum atomic E-state index is 0.537. The maximum atomic E-state index is 3.52. The number of nitrogens with one attached hydrogen (secondary N) is 1. The van der Waals surface area contributed by atoms with E-state index in [1.54, 1.807) is 0 Å². The summed E-state index contributed by atoms with van der Waals surface area (Å²) in [5, 5.41) is 3.52. The molecule has 1 fully saturated rings. The Hall–Kier alpha value is -0.470. The molecule has 2 unspecified atom stereocenters. The predicted molar refractivity (Wildman–Crippen MR) is 73.1 cm³/mol. The standard InChI is InChI=1S/C14H21NS/c1-10-4-5-11(2)13(8-10)14(15-3)12-6-7-16-9-12/h4-5,8,12,14-15H,6-7,9H2,1-3H3. The zero-order valence-electron chi connectivity index (χ0n) is 10.4. The minimum absolute atomic E-state index is 0.537. The fourth-order valence-electron chi connectivity index (χ4n) is 2.56. The molecule has 1 saturated heterocycles. The van der Waals surface area contributed by atoms with Crippen molar-refractivity contribution in [2.24, 2.45) is 5.92 Å². The summed E-state index contributed by atoms with van der Waals surface area (Å²) in [4.78, 5) is 0. The molecule has 0 aliphatic carbocycles. The van der Waals surface area contributed by atoms with E-state index in [0.29, 0.717) is 6.04 Å². The Kier molecular flexibility index (Phi) is 3.93. The van der Waals surface area contributed by atoms with Crippen LogP contribution in [0.15, 0.2) is 18.2 Å². The summed E-state index contributed by atoms with van der Waals surface area (Å²) in [6, 6.07) is 7.33. The van der Waals surface area contributed by atoms with E-state index in [4.69, 9.17) is 0 Å². The minimum Gasteiger partial charge on any atom is -0.313 e. The maximum absolute atomic E-state index is 3.52. The molecular weight excluding hydrogens is 214 g/mol. The van der Waals surface area contributed by atoms with Gasteiger partial charge in [0.2, 0.25) is 0 Å². The number of hydrogen-bond donors (Lipinski definition) is 1. The van der Waals surface area contributed by atoms with Crippen LogP contribution >= 0.6 is 11.8 Å². The highest BCUT2D eigenvalue weighted by Gasteiger charge is 2.26. The van der Waals surface area contributed by atoms with E-state index in [0.717, 1.165) is 5.92 Å². The molecule has 0 radical (unpaired) electrons. The molecule has 1 nitrogen and oxygen atoms in total. The second-order valence-electron chi connectivity index (χ2n) is 4.75. The zero-order valence-corrected chi connectivity index (χ0v) is 11.2. The van der Waals surface area contributed by atoms with E-state index in [-0.39, 0.29) is 0 Å². The van der Waals surface area contributed by atoms with Gasteiger partial charge in [-0.2, -0.15) is 11.8 Å². The Labute approximate surface area is 103 Å². The topological polar surface area (TPSA) is 12.0 Å². The zero-order chi connectivity index (χ0) is 11.5. The van der Waals surface area contributed by atoms with Crippen molar-refractivity contribution in [1.29, 1.82) is 0 Å². The lowest BCUT2D eigenvalue weighted by Gasteiger charge is -2.25. The normalized spacial score (nSPS) is 22.3. The lowest BCUT2D eigenvalue weighted by Crippen LogP contribution is -2.26. The van der Waals surface area contributed by atoms with E-state index in [1.165, 1.54) is 34.6 Å². The Bertz CT molecular complexity index is 356. The van der Waals surface area contributed by atoms with Crippen LogP contribution < -0.4 is 5.32 Å². The summed E-state index contributed by atoms with van der Waals surface area (Å²) in [5.74, 6) is 3.43. The van der Waals surface area contributed by atoms with Gasteiger partial charge in [0.15, 0.2) is 0 Å². The van der Waals surface area contributed by atoms with E-state index < -0.39 is 0 Å². The highest BCUT2D eigenvalue weighted by Crippen LogP contribution is 2.35. The van der Waals surface area contributed by atoms with Gasteiger partial charge in [0.05, 0.1) is 0 Å². The molecule has 2 rings (SSSR count). The summed E-state index contributed by atoms with van der Waals surface area (Å²) in [7, 11) is 2.09. The summed E-state index contributed by atoms with van der Waals surface area (Å²) in [6.07, 6.45) is 1.35. The fourth-order valence-corrected chi connectivity index (χ4v) is 3.85. The second-order valence-corrected chi connectivity index (χ2v) is 5.90. The van der Waals surface area contributed by atoms with Crippen LogP contribution in [0.3, 0.4) is 0 Å². The van der Waals surface area contributed by atoms with E-state index in [1.807, 2.05) is 0 Å². The van der Waals surface area contributed by atoms with Crippen molar-refractivity contribution in [3.63, 3.8) is 0 Å². The molecule has 0 aromatic heterocycles. The van der Waals surface area contributed by atoms with Gasteiger partial charge in [-0.1, -0.05) is 23.8 Å². The van der Waals surface area contributed by atoms with Crippen molar-refractivity contribution in [2.45, 2.75) is 26.3 Å². The molecule has 1 aromatic carbocycles. The van der Waals surface area contributed by atoms with Crippen LogP contribution in [-0.4, -0.2) is 18.6 Å². The van der Waals surface area contributed by atoms with Crippen molar-refractivity contribution in [1.82, 2.24) is 5.32 Å². The average molecular weight is 235 g/mol. The van der Waals surface area contributed by atoms with Crippen LogP contribution in [-0.2, 0) is 0 Å². The summed E-state index contributed by atoms with van der Waals surface area (Å²) in [5.41, 5.74) is 4.28. The molecule has 0 spiro atoms. The Morgan fingerprint density at radius 1 is 1.38 bits per heavy atom. The Morgan fingerprint density at radius 3 is 2.81 bits per heavy atom. The number of thioether (sulfide) groups is 1. The van der Waals surface area contributed by atoms with Crippen LogP contribution in [0.1, 0.15) is 29.2 Å². The monoisotopic (exact) mass is 235 g/mol. The van der Waals surface area contributed by atoms with Gasteiger partial charge < -0.3 is 5.32 Å². The molecule has 1 N–H and O–H groups in total. The average Bonchev–Trinajstić information content (AvgIpc) is 2.78. The molecule has 88 valence electrons. The quantitative estimate of drug-likeness (QED) is 0.862. The third kappa shape index (κ3) is 2.44. The van der Waals surface area contributed by atoms with Crippen LogP contribution in [0.4, 0.5) is 0 Å². The van der Waals surface area contributed by atoms with E-state index in [9.17, 15) is 0 Å². The summed E-state index contributed by atoms with van der Waals surface area (Å²) < 4.78 is 0.